The molecule has 6 heteroatoms. The Morgan fingerprint density at radius 2 is 2.32 bits per heavy atom. The van der Waals surface area contributed by atoms with E-state index in [1.54, 1.807) is 6.92 Å². The maximum absolute atomic E-state index is 11.5. The number of Topliss-reactive ketones (excluding diaryl/α,β-unsaturated/α-hetero) is 1. The quantitative estimate of drug-likeness (QED) is 0.616. The van der Waals surface area contributed by atoms with Crippen LogP contribution in [0.15, 0.2) is 12.3 Å². The summed E-state index contributed by atoms with van der Waals surface area (Å²) in [5.41, 5.74) is 0.778. The fourth-order valence-corrected chi connectivity index (χ4v) is 2.48. The molecule has 0 aliphatic carbocycles. The van der Waals surface area contributed by atoms with Crippen LogP contribution < -0.4 is 4.90 Å². The lowest BCUT2D eigenvalue weighted by Crippen LogP contribution is -2.38. The smallest absolute Gasteiger partial charge is 0.287 e. The van der Waals surface area contributed by atoms with E-state index in [1.807, 2.05) is 6.92 Å². The molecule has 0 aromatic carbocycles. The number of ketones is 1. The van der Waals surface area contributed by atoms with Gasteiger partial charge in [0.1, 0.15) is 17.8 Å². The van der Waals surface area contributed by atoms with Crippen molar-refractivity contribution in [1.29, 1.82) is 0 Å². The lowest BCUT2D eigenvalue weighted by Gasteiger charge is -2.33. The number of pyridine rings is 1. The molecule has 6 nitrogen and oxygen atoms in total. The highest BCUT2D eigenvalue weighted by Crippen LogP contribution is 2.26. The summed E-state index contributed by atoms with van der Waals surface area (Å²) in [7, 11) is 0. The second-order valence-corrected chi connectivity index (χ2v) is 4.99. The van der Waals surface area contributed by atoms with Crippen LogP contribution in [0.3, 0.4) is 0 Å². The predicted molar refractivity (Wildman–Crippen MR) is 71.2 cm³/mol. The molecule has 102 valence electrons. The number of nitrogens with zero attached hydrogens (tertiary/aromatic N) is 3. The van der Waals surface area contributed by atoms with Gasteiger partial charge < -0.3 is 4.90 Å². The third-order valence-electron chi connectivity index (χ3n) is 3.54. The molecule has 19 heavy (non-hydrogen) atoms. The van der Waals surface area contributed by atoms with E-state index in [2.05, 4.69) is 9.88 Å². The van der Waals surface area contributed by atoms with Crippen molar-refractivity contribution in [2.75, 3.05) is 18.0 Å². The normalized spacial score (nSPS) is 19.3. The second kappa shape index (κ2) is 5.34. The highest BCUT2D eigenvalue weighted by atomic mass is 16.6. The van der Waals surface area contributed by atoms with E-state index in [0.29, 0.717) is 6.54 Å². The first-order valence-electron chi connectivity index (χ1n) is 6.35. The lowest BCUT2D eigenvalue weighted by molar-refractivity contribution is -0.385. The zero-order valence-electron chi connectivity index (χ0n) is 11.1. The molecule has 1 aliphatic rings. The molecule has 2 heterocycles. The number of anilines is 1. The van der Waals surface area contributed by atoms with Crippen LogP contribution in [0.5, 0.6) is 0 Å². The maximum atomic E-state index is 11.5. The summed E-state index contributed by atoms with van der Waals surface area (Å²) < 4.78 is 0. The Morgan fingerprint density at radius 1 is 1.58 bits per heavy atom. The molecule has 1 saturated heterocycles. The standard InChI is InChI=1S/C13H17N3O3/c1-9-6-12(16(18)19)7-14-13(9)15-5-3-4-11(8-15)10(2)17/h6-7,11H,3-5,8H2,1-2H3. The summed E-state index contributed by atoms with van der Waals surface area (Å²) in [4.78, 5) is 28.0. The van der Waals surface area contributed by atoms with Crippen molar-refractivity contribution in [1.82, 2.24) is 4.98 Å². The molecule has 1 aliphatic heterocycles. The van der Waals surface area contributed by atoms with Crippen LogP contribution in [0.2, 0.25) is 0 Å². The molecule has 0 N–H and O–H groups in total. The number of piperidine rings is 1. The first kappa shape index (κ1) is 13.5. The van der Waals surface area contributed by atoms with Crippen molar-refractivity contribution < 1.29 is 9.72 Å². The predicted octanol–water partition coefficient (Wildman–Crippen LogP) is 2.10. The molecule has 1 aromatic rings. The van der Waals surface area contributed by atoms with Crippen LogP contribution in [-0.2, 0) is 4.79 Å². The summed E-state index contributed by atoms with van der Waals surface area (Å²) in [6.07, 6.45) is 3.14. The van der Waals surface area contributed by atoms with Gasteiger partial charge in [-0.05, 0) is 32.3 Å². The van der Waals surface area contributed by atoms with Gasteiger partial charge in [-0.15, -0.1) is 0 Å². The molecule has 0 radical (unpaired) electrons. The van der Waals surface area contributed by atoms with Crippen LogP contribution in [0.4, 0.5) is 11.5 Å². The van der Waals surface area contributed by atoms with Gasteiger partial charge in [-0.2, -0.15) is 0 Å². The summed E-state index contributed by atoms with van der Waals surface area (Å²) in [6, 6.07) is 1.53. The number of carbonyl (C=O) groups excluding carboxylic acids is 1. The van der Waals surface area contributed by atoms with Crippen molar-refractivity contribution in [3.8, 4) is 0 Å². The SMILES string of the molecule is CC(=O)C1CCCN(c2ncc([N+](=O)[O-])cc2C)C1. The Morgan fingerprint density at radius 3 is 2.89 bits per heavy atom. The number of hydrogen-bond donors (Lipinski definition) is 0. The monoisotopic (exact) mass is 263 g/mol. The average molecular weight is 263 g/mol. The topological polar surface area (TPSA) is 76.3 Å². The molecule has 1 unspecified atom stereocenters. The van der Waals surface area contributed by atoms with Gasteiger partial charge in [-0.25, -0.2) is 4.98 Å². The van der Waals surface area contributed by atoms with Gasteiger partial charge in [0.15, 0.2) is 0 Å². The molecule has 2 rings (SSSR count). The van der Waals surface area contributed by atoms with E-state index in [4.69, 9.17) is 0 Å². The van der Waals surface area contributed by atoms with Gasteiger partial charge in [0.25, 0.3) is 5.69 Å². The van der Waals surface area contributed by atoms with Crippen molar-refractivity contribution >= 4 is 17.3 Å². The minimum Gasteiger partial charge on any atom is -0.356 e. The zero-order chi connectivity index (χ0) is 14.0. The van der Waals surface area contributed by atoms with Gasteiger partial charge >= 0.3 is 0 Å². The van der Waals surface area contributed by atoms with Gasteiger partial charge in [-0.3, -0.25) is 14.9 Å². The maximum Gasteiger partial charge on any atom is 0.287 e. The average Bonchev–Trinajstić information content (AvgIpc) is 2.38. The largest absolute Gasteiger partial charge is 0.356 e. The highest BCUT2D eigenvalue weighted by Gasteiger charge is 2.25. The van der Waals surface area contributed by atoms with E-state index in [1.165, 1.54) is 12.3 Å². The van der Waals surface area contributed by atoms with Crippen LogP contribution in [0, 0.1) is 23.0 Å². The first-order chi connectivity index (χ1) is 8.99. The first-order valence-corrected chi connectivity index (χ1v) is 6.35. The number of rotatable bonds is 3. The van der Waals surface area contributed by atoms with E-state index in [9.17, 15) is 14.9 Å². The van der Waals surface area contributed by atoms with Crippen LogP contribution >= 0.6 is 0 Å². The van der Waals surface area contributed by atoms with E-state index in [0.717, 1.165) is 30.8 Å². The van der Waals surface area contributed by atoms with Crippen LogP contribution in [-0.4, -0.2) is 28.8 Å². The van der Waals surface area contributed by atoms with Crippen LogP contribution in [0.1, 0.15) is 25.3 Å². The summed E-state index contributed by atoms with van der Waals surface area (Å²) in [5.74, 6) is 0.992. The third-order valence-corrected chi connectivity index (χ3v) is 3.54. The van der Waals surface area contributed by atoms with Crippen LogP contribution in [0.25, 0.3) is 0 Å². The molecular formula is C13H17N3O3. The van der Waals surface area contributed by atoms with Crippen molar-refractivity contribution in [3.05, 3.63) is 27.9 Å². The van der Waals surface area contributed by atoms with Gasteiger partial charge in [0.05, 0.1) is 4.92 Å². The number of aryl methyl sites for hydroxylation is 1. The minimum absolute atomic E-state index is 0.00128. The summed E-state index contributed by atoms with van der Waals surface area (Å²) >= 11 is 0. The van der Waals surface area contributed by atoms with Crippen molar-refractivity contribution in [3.63, 3.8) is 0 Å². The second-order valence-electron chi connectivity index (χ2n) is 4.99. The fourth-order valence-electron chi connectivity index (χ4n) is 2.48. The Labute approximate surface area is 111 Å². The molecule has 1 atom stereocenters. The fraction of sp³-hybridized carbons (Fsp3) is 0.538. The molecule has 0 amide bonds. The molecule has 1 fully saturated rings. The molecule has 1 aromatic heterocycles. The zero-order valence-corrected chi connectivity index (χ0v) is 11.1. The van der Waals surface area contributed by atoms with Crippen molar-refractivity contribution in [2.24, 2.45) is 5.92 Å². The Hall–Kier alpha value is -1.98. The number of aromatic nitrogens is 1. The Kier molecular flexibility index (Phi) is 3.78. The van der Waals surface area contributed by atoms with E-state index < -0.39 is 4.92 Å². The van der Waals surface area contributed by atoms with Crippen molar-refractivity contribution in [2.45, 2.75) is 26.7 Å². The molecule has 0 saturated carbocycles. The third kappa shape index (κ3) is 2.89. The van der Waals surface area contributed by atoms with Gasteiger partial charge in [0.2, 0.25) is 0 Å². The van der Waals surface area contributed by atoms with E-state index in [-0.39, 0.29) is 17.4 Å². The number of nitro groups is 1. The summed E-state index contributed by atoms with van der Waals surface area (Å²) in [5, 5.41) is 10.7. The Bertz CT molecular complexity index is 516. The van der Waals surface area contributed by atoms with E-state index >= 15 is 0 Å². The lowest BCUT2D eigenvalue weighted by atomic mass is 9.94. The van der Waals surface area contributed by atoms with Gasteiger partial charge in [0, 0.05) is 25.1 Å². The molecular weight excluding hydrogens is 246 g/mol. The molecule has 0 spiro atoms. The van der Waals surface area contributed by atoms with Gasteiger partial charge in [-0.1, -0.05) is 0 Å². The Balaban J connectivity index is 2.22. The summed E-state index contributed by atoms with van der Waals surface area (Å²) in [6.45, 7) is 4.92. The molecule has 0 bridgehead atoms. The number of hydrogen-bond acceptors (Lipinski definition) is 5. The highest BCUT2D eigenvalue weighted by molar-refractivity contribution is 5.79. The number of carbonyl (C=O) groups is 1. The minimum atomic E-state index is -0.446.